The van der Waals surface area contributed by atoms with Gasteiger partial charge in [-0.25, -0.2) is 0 Å². The highest BCUT2D eigenvalue weighted by Gasteiger charge is 2.60. The number of halogens is 1. The molecule has 6 heteroatoms. The lowest BCUT2D eigenvalue weighted by molar-refractivity contribution is -0.141. The van der Waals surface area contributed by atoms with E-state index in [1.165, 1.54) is 5.56 Å². The molecule has 2 heterocycles. The number of hydrogen-bond acceptors (Lipinski definition) is 3. The standard InChI is InChI=1S/C22H21ClN2O2S/c1-14-2-4-15(5-3-14)13-24-19-9-8-17(23)12-18(19)22(21(24)27)25(10-11-28-22)20(26)16-6-7-16/h2-5,8-9,12,16H,6-7,10-11,13H2,1H3. The zero-order valence-corrected chi connectivity index (χ0v) is 17.2. The monoisotopic (exact) mass is 412 g/mol. The smallest absolute Gasteiger partial charge is 0.268 e. The van der Waals surface area contributed by atoms with E-state index in [9.17, 15) is 9.59 Å². The molecule has 1 unspecified atom stereocenters. The molecule has 0 N–H and O–H groups in total. The second-order valence-corrected chi connectivity index (χ2v) is 9.52. The third kappa shape index (κ3) is 2.67. The van der Waals surface area contributed by atoms with Crippen LogP contribution in [0.2, 0.25) is 5.02 Å². The van der Waals surface area contributed by atoms with E-state index in [0.29, 0.717) is 18.1 Å². The van der Waals surface area contributed by atoms with Crippen molar-refractivity contribution in [3.63, 3.8) is 0 Å². The Kier molecular flexibility index (Phi) is 4.21. The summed E-state index contributed by atoms with van der Waals surface area (Å²) in [6, 6.07) is 13.8. The van der Waals surface area contributed by atoms with Crippen molar-refractivity contribution < 1.29 is 9.59 Å². The van der Waals surface area contributed by atoms with Gasteiger partial charge in [-0.1, -0.05) is 41.4 Å². The molecule has 0 bridgehead atoms. The molecular weight excluding hydrogens is 392 g/mol. The third-order valence-electron chi connectivity index (χ3n) is 5.81. The number of thioether (sulfide) groups is 1. The van der Waals surface area contributed by atoms with Gasteiger partial charge in [0.25, 0.3) is 5.91 Å². The van der Waals surface area contributed by atoms with E-state index in [0.717, 1.165) is 35.4 Å². The maximum atomic E-state index is 13.8. The summed E-state index contributed by atoms with van der Waals surface area (Å²) in [4.78, 5) is 29.5. The number of nitrogens with zero attached hydrogens (tertiary/aromatic N) is 2. The molecule has 1 spiro atoms. The predicted octanol–water partition coefficient (Wildman–Crippen LogP) is 4.33. The van der Waals surface area contributed by atoms with Crippen LogP contribution in [0.15, 0.2) is 42.5 Å². The van der Waals surface area contributed by atoms with E-state index in [4.69, 9.17) is 11.6 Å². The molecule has 3 aliphatic rings. The fourth-order valence-electron chi connectivity index (χ4n) is 4.19. The third-order valence-corrected chi connectivity index (χ3v) is 7.46. The molecule has 1 saturated heterocycles. The summed E-state index contributed by atoms with van der Waals surface area (Å²) in [6.07, 6.45) is 1.86. The van der Waals surface area contributed by atoms with Gasteiger partial charge in [-0.05, 0) is 43.5 Å². The molecule has 144 valence electrons. The van der Waals surface area contributed by atoms with Gasteiger partial charge >= 0.3 is 0 Å². The molecule has 1 saturated carbocycles. The van der Waals surface area contributed by atoms with Crippen LogP contribution in [0.1, 0.15) is 29.5 Å². The molecule has 2 amide bonds. The number of carbonyl (C=O) groups is 2. The van der Waals surface area contributed by atoms with Crippen molar-refractivity contribution in [1.82, 2.24) is 4.90 Å². The lowest BCUT2D eigenvalue weighted by Crippen LogP contribution is -2.50. The van der Waals surface area contributed by atoms with Crippen molar-refractivity contribution in [3.05, 3.63) is 64.2 Å². The number of hydrogen-bond donors (Lipinski definition) is 0. The first-order valence-electron chi connectivity index (χ1n) is 9.64. The molecular formula is C22H21ClN2O2S. The zero-order valence-electron chi connectivity index (χ0n) is 15.7. The van der Waals surface area contributed by atoms with E-state index < -0.39 is 4.87 Å². The normalized spacial score (nSPS) is 23.6. The Labute approximate surface area is 173 Å². The Morgan fingerprint density at radius 2 is 1.96 bits per heavy atom. The number of fused-ring (bicyclic) bond motifs is 2. The molecule has 2 aliphatic heterocycles. The van der Waals surface area contributed by atoms with Gasteiger partial charge in [-0.3, -0.25) is 9.59 Å². The molecule has 2 aromatic carbocycles. The van der Waals surface area contributed by atoms with Crippen LogP contribution in [0.3, 0.4) is 0 Å². The molecule has 2 fully saturated rings. The van der Waals surface area contributed by atoms with Crippen LogP contribution >= 0.6 is 23.4 Å². The van der Waals surface area contributed by atoms with Crippen LogP contribution in [0, 0.1) is 12.8 Å². The van der Waals surface area contributed by atoms with Crippen LogP contribution in [-0.4, -0.2) is 29.0 Å². The number of rotatable bonds is 3. The second kappa shape index (κ2) is 6.53. The van der Waals surface area contributed by atoms with Crippen molar-refractivity contribution in [2.45, 2.75) is 31.2 Å². The highest BCUT2D eigenvalue weighted by atomic mass is 35.5. The fraction of sp³-hybridized carbons (Fsp3) is 0.364. The van der Waals surface area contributed by atoms with Gasteiger partial charge < -0.3 is 9.80 Å². The van der Waals surface area contributed by atoms with Crippen molar-refractivity contribution >= 4 is 40.9 Å². The van der Waals surface area contributed by atoms with Gasteiger partial charge in [0.15, 0.2) is 4.87 Å². The first-order chi connectivity index (χ1) is 13.5. The summed E-state index contributed by atoms with van der Waals surface area (Å²) >= 11 is 7.88. The SMILES string of the molecule is Cc1ccc(CN2C(=O)C3(SCCN3C(=O)C3CC3)c3cc(Cl)ccc32)cc1. The number of benzene rings is 2. The minimum atomic E-state index is -0.968. The topological polar surface area (TPSA) is 40.6 Å². The summed E-state index contributed by atoms with van der Waals surface area (Å²) in [5.41, 5.74) is 3.97. The highest BCUT2D eigenvalue weighted by Crippen LogP contribution is 2.56. The molecule has 2 aromatic rings. The Bertz CT molecular complexity index is 973. The summed E-state index contributed by atoms with van der Waals surface area (Å²) in [5.74, 6) is 0.926. The van der Waals surface area contributed by atoms with Crippen LogP contribution in [0.4, 0.5) is 5.69 Å². The van der Waals surface area contributed by atoms with Crippen molar-refractivity contribution in [2.75, 3.05) is 17.2 Å². The van der Waals surface area contributed by atoms with Gasteiger partial charge in [0.05, 0.1) is 12.2 Å². The lowest BCUT2D eigenvalue weighted by Gasteiger charge is -2.33. The van der Waals surface area contributed by atoms with Crippen molar-refractivity contribution in [2.24, 2.45) is 5.92 Å². The van der Waals surface area contributed by atoms with E-state index in [1.807, 2.05) is 34.9 Å². The Morgan fingerprint density at radius 1 is 1.21 bits per heavy atom. The number of carbonyl (C=O) groups excluding carboxylic acids is 2. The largest absolute Gasteiger partial charge is 0.315 e. The summed E-state index contributed by atoms with van der Waals surface area (Å²) < 4.78 is 0. The average Bonchev–Trinajstić information content (AvgIpc) is 3.41. The van der Waals surface area contributed by atoms with Crippen LogP contribution < -0.4 is 4.90 Å². The van der Waals surface area contributed by atoms with Gasteiger partial charge in [-0.15, -0.1) is 11.8 Å². The van der Waals surface area contributed by atoms with Gasteiger partial charge in [0.1, 0.15) is 0 Å². The van der Waals surface area contributed by atoms with E-state index in [1.54, 1.807) is 11.8 Å². The quantitative estimate of drug-likeness (QED) is 0.753. The van der Waals surface area contributed by atoms with E-state index in [-0.39, 0.29) is 17.7 Å². The van der Waals surface area contributed by atoms with Crippen LogP contribution in [0.25, 0.3) is 0 Å². The molecule has 0 radical (unpaired) electrons. The Balaban J connectivity index is 1.59. The first-order valence-corrected chi connectivity index (χ1v) is 11.0. The molecule has 28 heavy (non-hydrogen) atoms. The zero-order chi connectivity index (χ0) is 19.5. The predicted molar refractivity (Wildman–Crippen MR) is 112 cm³/mol. The van der Waals surface area contributed by atoms with Crippen LogP contribution in [0.5, 0.6) is 0 Å². The maximum Gasteiger partial charge on any atom is 0.268 e. The Hall–Kier alpha value is -1.98. The minimum Gasteiger partial charge on any atom is -0.315 e. The van der Waals surface area contributed by atoms with Gasteiger partial charge in [0.2, 0.25) is 5.91 Å². The minimum absolute atomic E-state index is 0.0261. The summed E-state index contributed by atoms with van der Waals surface area (Å²) in [5, 5.41) is 0.592. The van der Waals surface area contributed by atoms with Gasteiger partial charge in [-0.2, -0.15) is 0 Å². The molecule has 1 aliphatic carbocycles. The van der Waals surface area contributed by atoms with Crippen LogP contribution in [-0.2, 0) is 21.0 Å². The summed E-state index contributed by atoms with van der Waals surface area (Å²) in [7, 11) is 0. The molecule has 0 aromatic heterocycles. The second-order valence-electron chi connectivity index (χ2n) is 7.79. The highest BCUT2D eigenvalue weighted by molar-refractivity contribution is 8.01. The Morgan fingerprint density at radius 3 is 2.68 bits per heavy atom. The first kappa shape index (κ1) is 18.1. The maximum absolute atomic E-state index is 13.8. The number of amides is 2. The molecule has 5 rings (SSSR count). The van der Waals surface area contributed by atoms with E-state index >= 15 is 0 Å². The van der Waals surface area contributed by atoms with Crippen molar-refractivity contribution in [1.29, 1.82) is 0 Å². The van der Waals surface area contributed by atoms with Crippen molar-refractivity contribution in [3.8, 4) is 0 Å². The lowest BCUT2D eigenvalue weighted by atomic mass is 10.1. The van der Waals surface area contributed by atoms with E-state index in [2.05, 4.69) is 24.3 Å². The molecule has 4 nitrogen and oxygen atoms in total. The molecule has 1 atom stereocenters. The van der Waals surface area contributed by atoms with Gasteiger partial charge in [0, 0.05) is 28.8 Å². The number of aryl methyl sites for hydroxylation is 1. The average molecular weight is 413 g/mol. The summed E-state index contributed by atoms with van der Waals surface area (Å²) in [6.45, 7) is 3.14. The fourth-order valence-corrected chi connectivity index (χ4v) is 5.82. The number of anilines is 1.